The van der Waals surface area contributed by atoms with Gasteiger partial charge in [0.05, 0.1) is 12.2 Å². The van der Waals surface area contributed by atoms with E-state index in [1.165, 1.54) is 8.61 Å². The number of nitrogens with one attached hydrogen (secondary N) is 1. The van der Waals surface area contributed by atoms with Crippen LogP contribution in [0.2, 0.25) is 0 Å². The molecule has 37 heavy (non-hydrogen) atoms. The van der Waals surface area contributed by atoms with Gasteiger partial charge in [-0.3, -0.25) is 14.5 Å². The molecule has 0 atom stereocenters. The molecule has 2 aliphatic rings. The molecule has 2 aromatic rings. The van der Waals surface area contributed by atoms with Gasteiger partial charge in [0.2, 0.25) is 0 Å². The van der Waals surface area contributed by atoms with Crippen LogP contribution in [0.25, 0.3) is 0 Å². The number of carbonyl (C=O) groups excluding carboxylic acids is 2. The summed E-state index contributed by atoms with van der Waals surface area (Å²) >= 11 is 0. The van der Waals surface area contributed by atoms with Gasteiger partial charge in [-0.1, -0.05) is 30.3 Å². The van der Waals surface area contributed by atoms with Crippen LogP contribution >= 0.6 is 0 Å². The summed E-state index contributed by atoms with van der Waals surface area (Å²) in [5.74, 6) is 4.79. The lowest BCUT2D eigenvalue weighted by Crippen LogP contribution is -2.63. The normalized spacial score (nSPS) is 17.7. The summed E-state index contributed by atoms with van der Waals surface area (Å²) in [6.45, 7) is 7.56. The number of nitrogens with zero attached hydrogens (tertiary/aromatic N) is 3. The molecule has 2 aromatic carbocycles. The van der Waals surface area contributed by atoms with Gasteiger partial charge < -0.3 is 9.64 Å². The summed E-state index contributed by atoms with van der Waals surface area (Å²) in [4.78, 5) is 25.8. The first-order valence-electron chi connectivity index (χ1n) is 12.3. The van der Waals surface area contributed by atoms with Gasteiger partial charge in [0.15, 0.2) is 0 Å². The molecule has 0 aliphatic carbocycles. The zero-order chi connectivity index (χ0) is 26.8. The predicted molar refractivity (Wildman–Crippen MR) is 141 cm³/mol. The van der Waals surface area contributed by atoms with E-state index in [1.807, 2.05) is 26.8 Å². The third-order valence-corrected chi connectivity index (χ3v) is 8.72. The smallest absolute Gasteiger partial charge is 0.410 e. The van der Waals surface area contributed by atoms with Crippen molar-refractivity contribution in [3.63, 3.8) is 0 Å². The number of likely N-dealkylation sites (tertiary alicyclic amines) is 1. The molecule has 4 rings (SSSR count). The van der Waals surface area contributed by atoms with E-state index in [4.69, 9.17) is 10.6 Å². The summed E-state index contributed by atoms with van der Waals surface area (Å²) in [7, 11) is -3.83. The highest BCUT2D eigenvalue weighted by Crippen LogP contribution is 2.42. The number of ether oxygens (including phenoxy) is 1. The number of hydrogen-bond donors (Lipinski definition) is 2. The van der Waals surface area contributed by atoms with Gasteiger partial charge in [-0.15, -0.1) is 0 Å². The Morgan fingerprint density at radius 2 is 1.62 bits per heavy atom. The molecule has 0 radical (unpaired) electrons. The first kappa shape index (κ1) is 26.9. The first-order chi connectivity index (χ1) is 17.4. The van der Waals surface area contributed by atoms with E-state index in [0.29, 0.717) is 50.3 Å². The molecule has 200 valence electrons. The van der Waals surface area contributed by atoms with E-state index >= 15 is 0 Å². The molecule has 3 N–H and O–H groups in total. The number of benzene rings is 2. The monoisotopic (exact) mass is 529 g/mol. The van der Waals surface area contributed by atoms with Crippen molar-refractivity contribution in [2.45, 2.75) is 45.8 Å². The minimum absolute atomic E-state index is 0.0695. The summed E-state index contributed by atoms with van der Waals surface area (Å²) < 4.78 is 36.1. The quantitative estimate of drug-likeness (QED) is 0.337. The molecule has 2 heterocycles. The molecule has 0 aromatic heterocycles. The Morgan fingerprint density at radius 3 is 2.16 bits per heavy atom. The summed E-state index contributed by atoms with van der Waals surface area (Å²) in [5.41, 5.74) is 3.16. The standard InChI is InChI=1S/C26H35N5O5S/c1-25(2,3)36-24(33)29-18-26(19-29)13-15-30(16-14-26)37(34,35)31(22-7-5-4-6-8-22)17-20-9-11-21(12-10-20)23(32)28-27/h4-12H,13-19,27H2,1-3H3,(H,28,32). The molecule has 0 bridgehead atoms. The summed E-state index contributed by atoms with van der Waals surface area (Å²) in [5, 5.41) is 0. The molecule has 11 heteroatoms. The SMILES string of the molecule is CC(C)(C)OC(=O)N1CC2(CCN(S(=O)(=O)N(Cc3ccc(C(=O)NN)cc3)c3ccccc3)CC2)C1. The number of piperidine rings is 1. The second-order valence-corrected chi connectivity index (χ2v) is 12.6. The van der Waals surface area contributed by atoms with E-state index < -0.39 is 21.7 Å². The van der Waals surface area contributed by atoms with Crippen LogP contribution in [0, 0.1) is 5.41 Å². The van der Waals surface area contributed by atoms with E-state index in [1.54, 1.807) is 53.4 Å². The average Bonchev–Trinajstić information content (AvgIpc) is 2.85. The highest BCUT2D eigenvalue weighted by molar-refractivity contribution is 7.90. The number of para-hydroxylation sites is 1. The van der Waals surface area contributed by atoms with Crippen LogP contribution in [-0.4, -0.2) is 61.4 Å². The van der Waals surface area contributed by atoms with Gasteiger partial charge in [0, 0.05) is 37.2 Å². The third-order valence-electron chi connectivity index (χ3n) is 6.81. The van der Waals surface area contributed by atoms with Crippen LogP contribution < -0.4 is 15.6 Å². The largest absolute Gasteiger partial charge is 0.444 e. The number of nitrogen functional groups attached to an aromatic ring is 1. The fraction of sp³-hybridized carbons (Fsp3) is 0.462. The first-order valence-corrected chi connectivity index (χ1v) is 13.7. The Labute approximate surface area is 218 Å². The Hall–Kier alpha value is -3.15. The number of rotatable bonds is 6. The van der Waals surface area contributed by atoms with Crippen LogP contribution in [0.3, 0.4) is 0 Å². The number of hydrogen-bond acceptors (Lipinski definition) is 6. The lowest BCUT2D eigenvalue weighted by Gasteiger charge is -2.53. The van der Waals surface area contributed by atoms with Crippen molar-refractivity contribution in [2.24, 2.45) is 11.3 Å². The molecule has 2 fully saturated rings. The molecular weight excluding hydrogens is 494 g/mol. The maximum atomic E-state index is 13.8. The highest BCUT2D eigenvalue weighted by atomic mass is 32.2. The van der Waals surface area contributed by atoms with E-state index in [9.17, 15) is 18.0 Å². The molecule has 1 spiro atoms. The van der Waals surface area contributed by atoms with Crippen molar-refractivity contribution in [1.82, 2.24) is 14.6 Å². The van der Waals surface area contributed by atoms with Gasteiger partial charge in [-0.05, 0) is 63.4 Å². The van der Waals surface area contributed by atoms with Crippen molar-refractivity contribution in [2.75, 3.05) is 30.5 Å². The topological polar surface area (TPSA) is 125 Å². The van der Waals surface area contributed by atoms with E-state index in [2.05, 4.69) is 5.43 Å². The fourth-order valence-electron chi connectivity index (χ4n) is 4.78. The van der Waals surface area contributed by atoms with Crippen LogP contribution in [0.1, 0.15) is 49.5 Å². The Kier molecular flexibility index (Phi) is 7.50. The lowest BCUT2D eigenvalue weighted by molar-refractivity contribution is -0.0521. The van der Waals surface area contributed by atoms with Crippen LogP contribution in [0.15, 0.2) is 54.6 Å². The highest BCUT2D eigenvalue weighted by Gasteiger charge is 2.49. The number of anilines is 1. The van der Waals surface area contributed by atoms with Crippen LogP contribution in [0.4, 0.5) is 10.5 Å². The Bertz CT molecular complexity index is 1210. The van der Waals surface area contributed by atoms with E-state index in [0.717, 1.165) is 5.56 Å². The minimum Gasteiger partial charge on any atom is -0.444 e. The number of amides is 2. The molecule has 0 saturated carbocycles. The average molecular weight is 530 g/mol. The number of hydrazine groups is 1. The Morgan fingerprint density at radius 1 is 1.03 bits per heavy atom. The Balaban J connectivity index is 1.45. The van der Waals surface area contributed by atoms with Gasteiger partial charge in [-0.2, -0.15) is 12.7 Å². The molecule has 10 nitrogen and oxygen atoms in total. The third kappa shape index (κ3) is 6.06. The number of nitrogens with two attached hydrogens (primary N) is 1. The maximum absolute atomic E-state index is 13.8. The predicted octanol–water partition coefficient (Wildman–Crippen LogP) is 2.87. The maximum Gasteiger partial charge on any atom is 0.410 e. The number of carbonyl (C=O) groups is 2. The van der Waals surface area contributed by atoms with Crippen molar-refractivity contribution in [3.05, 3.63) is 65.7 Å². The van der Waals surface area contributed by atoms with Crippen LogP contribution in [-0.2, 0) is 21.5 Å². The zero-order valence-electron chi connectivity index (χ0n) is 21.5. The van der Waals surface area contributed by atoms with Gasteiger partial charge in [-0.25, -0.2) is 10.6 Å². The minimum atomic E-state index is -3.83. The molecular formula is C26H35N5O5S. The summed E-state index contributed by atoms with van der Waals surface area (Å²) in [6.07, 6.45) is 1.03. The van der Waals surface area contributed by atoms with Crippen molar-refractivity contribution in [3.8, 4) is 0 Å². The van der Waals surface area contributed by atoms with Crippen molar-refractivity contribution < 1.29 is 22.7 Å². The van der Waals surface area contributed by atoms with E-state index in [-0.39, 0.29) is 18.1 Å². The lowest BCUT2D eigenvalue weighted by atomic mass is 9.72. The molecule has 2 saturated heterocycles. The van der Waals surface area contributed by atoms with Gasteiger partial charge >= 0.3 is 16.3 Å². The van der Waals surface area contributed by atoms with Crippen LogP contribution in [0.5, 0.6) is 0 Å². The van der Waals surface area contributed by atoms with Gasteiger partial charge in [0.1, 0.15) is 5.60 Å². The van der Waals surface area contributed by atoms with Gasteiger partial charge in [0.25, 0.3) is 5.91 Å². The second-order valence-electron chi connectivity index (χ2n) is 10.8. The summed E-state index contributed by atoms with van der Waals surface area (Å²) in [6, 6.07) is 15.7. The second kappa shape index (κ2) is 10.3. The zero-order valence-corrected chi connectivity index (χ0v) is 22.3. The molecule has 0 unspecified atom stereocenters. The molecule has 2 amide bonds. The van der Waals surface area contributed by atoms with Crippen molar-refractivity contribution >= 4 is 27.9 Å². The molecule has 2 aliphatic heterocycles. The fourth-order valence-corrected chi connectivity index (χ4v) is 6.40. The van der Waals surface area contributed by atoms with Crippen molar-refractivity contribution in [1.29, 1.82) is 0 Å².